The molecule has 25 heavy (non-hydrogen) atoms. The second-order valence-corrected chi connectivity index (χ2v) is 6.76. The summed E-state index contributed by atoms with van der Waals surface area (Å²) in [6, 6.07) is -0.865. The topological polar surface area (TPSA) is 87.7 Å². The van der Waals surface area contributed by atoms with Crippen molar-refractivity contribution in [3.05, 3.63) is 0 Å². The SMILES string of the molecule is CCNC(=O)CC(OC)C(C(C)CC)N(C)C(=O)[C@@H](NC=O)C(C)C. The van der Waals surface area contributed by atoms with Crippen LogP contribution in [-0.2, 0) is 19.1 Å². The van der Waals surface area contributed by atoms with Gasteiger partial charge < -0.3 is 20.3 Å². The molecule has 0 radical (unpaired) electrons. The lowest BCUT2D eigenvalue weighted by Crippen LogP contribution is -2.56. The highest BCUT2D eigenvalue weighted by Gasteiger charge is 2.36. The minimum Gasteiger partial charge on any atom is -0.379 e. The monoisotopic (exact) mass is 357 g/mol. The standard InChI is InChI=1S/C18H35N3O4/c1-8-13(5)17(14(25-7)10-15(23)19-9-2)21(6)18(24)16(12(3)4)20-11-22/h11-14,16-17H,8-10H2,1-7H3,(H,19,23)(H,20,22)/t13?,14?,16-,17?/m0/s1. The largest absolute Gasteiger partial charge is 0.379 e. The van der Waals surface area contributed by atoms with Crippen LogP contribution in [0.5, 0.6) is 0 Å². The molecule has 0 aromatic rings. The van der Waals surface area contributed by atoms with Crippen LogP contribution in [-0.4, -0.2) is 62.0 Å². The van der Waals surface area contributed by atoms with Crippen molar-refractivity contribution in [2.24, 2.45) is 11.8 Å². The summed E-state index contributed by atoms with van der Waals surface area (Å²) < 4.78 is 5.58. The van der Waals surface area contributed by atoms with Crippen LogP contribution in [0.3, 0.4) is 0 Å². The summed E-state index contributed by atoms with van der Waals surface area (Å²) in [5.74, 6) is -0.181. The molecule has 2 N–H and O–H groups in total. The Morgan fingerprint density at radius 3 is 2.20 bits per heavy atom. The molecule has 0 fully saturated rings. The molecule has 0 bridgehead atoms. The molecule has 146 valence electrons. The fourth-order valence-corrected chi connectivity index (χ4v) is 3.02. The molecule has 0 rings (SSSR count). The zero-order chi connectivity index (χ0) is 19.6. The third-order valence-corrected chi connectivity index (χ3v) is 4.65. The molecule has 3 unspecified atom stereocenters. The van der Waals surface area contributed by atoms with Crippen molar-refractivity contribution < 1.29 is 19.1 Å². The summed E-state index contributed by atoms with van der Waals surface area (Å²) in [6.45, 7) is 10.3. The van der Waals surface area contributed by atoms with Gasteiger partial charge in [-0.2, -0.15) is 0 Å². The van der Waals surface area contributed by atoms with E-state index in [0.717, 1.165) is 6.42 Å². The van der Waals surface area contributed by atoms with Gasteiger partial charge in [-0.25, -0.2) is 0 Å². The number of carbonyl (C=O) groups excluding carboxylic acids is 3. The first-order valence-corrected chi connectivity index (χ1v) is 9.00. The molecule has 0 aromatic heterocycles. The van der Waals surface area contributed by atoms with Gasteiger partial charge in [0.15, 0.2) is 0 Å². The first kappa shape index (κ1) is 23.4. The van der Waals surface area contributed by atoms with Crippen LogP contribution in [0.15, 0.2) is 0 Å². The summed E-state index contributed by atoms with van der Waals surface area (Å²) in [5, 5.41) is 5.37. The maximum atomic E-state index is 12.9. The Balaban J connectivity index is 5.49. The molecule has 0 saturated carbocycles. The van der Waals surface area contributed by atoms with E-state index < -0.39 is 12.1 Å². The van der Waals surface area contributed by atoms with Gasteiger partial charge in [-0.05, 0) is 18.8 Å². The van der Waals surface area contributed by atoms with E-state index in [2.05, 4.69) is 10.6 Å². The van der Waals surface area contributed by atoms with Crippen molar-refractivity contribution in [3.8, 4) is 0 Å². The zero-order valence-electron chi connectivity index (χ0n) is 16.7. The lowest BCUT2D eigenvalue weighted by Gasteiger charge is -2.39. The van der Waals surface area contributed by atoms with Gasteiger partial charge in [-0.1, -0.05) is 34.1 Å². The number of hydrogen-bond acceptors (Lipinski definition) is 4. The number of nitrogens with one attached hydrogen (secondary N) is 2. The van der Waals surface area contributed by atoms with E-state index >= 15 is 0 Å². The van der Waals surface area contributed by atoms with Crippen LogP contribution in [0.25, 0.3) is 0 Å². The van der Waals surface area contributed by atoms with Gasteiger partial charge >= 0.3 is 0 Å². The summed E-state index contributed by atoms with van der Waals surface area (Å²) in [7, 11) is 3.27. The maximum absolute atomic E-state index is 12.9. The lowest BCUT2D eigenvalue weighted by atomic mass is 9.90. The third kappa shape index (κ3) is 7.02. The van der Waals surface area contributed by atoms with Crippen molar-refractivity contribution in [1.82, 2.24) is 15.5 Å². The third-order valence-electron chi connectivity index (χ3n) is 4.65. The fraction of sp³-hybridized carbons (Fsp3) is 0.833. The second kappa shape index (κ2) is 11.8. The Kier molecular flexibility index (Phi) is 11.1. The van der Waals surface area contributed by atoms with Gasteiger partial charge in [0.25, 0.3) is 0 Å². The molecule has 3 amide bonds. The van der Waals surface area contributed by atoms with Crippen LogP contribution in [0.1, 0.15) is 47.5 Å². The van der Waals surface area contributed by atoms with Gasteiger partial charge in [-0.3, -0.25) is 14.4 Å². The molecule has 0 aliphatic heterocycles. The molecule has 0 spiro atoms. The molecule has 0 heterocycles. The molecular formula is C18H35N3O4. The van der Waals surface area contributed by atoms with Gasteiger partial charge in [0.2, 0.25) is 18.2 Å². The quantitative estimate of drug-likeness (QED) is 0.513. The summed E-state index contributed by atoms with van der Waals surface area (Å²) in [5.41, 5.74) is 0. The number of ether oxygens (including phenoxy) is 1. The fourth-order valence-electron chi connectivity index (χ4n) is 3.02. The van der Waals surface area contributed by atoms with Crippen molar-refractivity contribution in [1.29, 1.82) is 0 Å². The predicted octanol–water partition coefficient (Wildman–Crippen LogP) is 1.17. The number of likely N-dealkylation sites (N-methyl/N-ethyl adjacent to an activating group) is 1. The average molecular weight is 357 g/mol. The average Bonchev–Trinajstić information content (AvgIpc) is 2.57. The lowest BCUT2D eigenvalue weighted by molar-refractivity contribution is -0.143. The number of nitrogens with zero attached hydrogens (tertiary/aromatic N) is 1. The minimum absolute atomic E-state index is 0.0397. The maximum Gasteiger partial charge on any atom is 0.245 e. The van der Waals surface area contributed by atoms with E-state index in [1.54, 1.807) is 19.1 Å². The van der Waals surface area contributed by atoms with Crippen molar-refractivity contribution in [2.75, 3.05) is 20.7 Å². The van der Waals surface area contributed by atoms with Crippen molar-refractivity contribution in [3.63, 3.8) is 0 Å². The van der Waals surface area contributed by atoms with Crippen LogP contribution in [0.2, 0.25) is 0 Å². The predicted molar refractivity (Wildman–Crippen MR) is 97.9 cm³/mol. The van der Waals surface area contributed by atoms with E-state index in [4.69, 9.17) is 4.74 Å². The molecule has 0 aromatic carbocycles. The normalized spacial score (nSPS) is 15.8. The second-order valence-electron chi connectivity index (χ2n) is 6.76. The molecule has 4 atom stereocenters. The molecule has 7 heteroatoms. The summed E-state index contributed by atoms with van der Waals surface area (Å²) in [6.07, 6.45) is 1.16. The molecule has 0 aliphatic rings. The summed E-state index contributed by atoms with van der Waals surface area (Å²) in [4.78, 5) is 37.4. The number of amides is 3. The van der Waals surface area contributed by atoms with Gasteiger partial charge in [-0.15, -0.1) is 0 Å². The summed E-state index contributed by atoms with van der Waals surface area (Å²) >= 11 is 0. The van der Waals surface area contributed by atoms with Gasteiger partial charge in [0.05, 0.1) is 18.6 Å². The number of carbonyl (C=O) groups is 3. The van der Waals surface area contributed by atoms with Crippen LogP contribution in [0.4, 0.5) is 0 Å². The van der Waals surface area contributed by atoms with E-state index in [0.29, 0.717) is 13.0 Å². The Bertz CT molecular complexity index is 429. The molecule has 0 saturated heterocycles. The zero-order valence-corrected chi connectivity index (χ0v) is 16.7. The Morgan fingerprint density at radius 2 is 1.80 bits per heavy atom. The van der Waals surface area contributed by atoms with E-state index in [1.165, 1.54) is 0 Å². The highest BCUT2D eigenvalue weighted by atomic mass is 16.5. The highest BCUT2D eigenvalue weighted by molar-refractivity contribution is 5.84. The molecular weight excluding hydrogens is 322 g/mol. The van der Waals surface area contributed by atoms with E-state index in [9.17, 15) is 14.4 Å². The molecule has 7 nitrogen and oxygen atoms in total. The van der Waals surface area contributed by atoms with Crippen molar-refractivity contribution in [2.45, 2.75) is 65.6 Å². The van der Waals surface area contributed by atoms with E-state index in [1.807, 2.05) is 34.6 Å². The highest BCUT2D eigenvalue weighted by Crippen LogP contribution is 2.23. The Labute approximate surface area is 151 Å². The van der Waals surface area contributed by atoms with Crippen LogP contribution >= 0.6 is 0 Å². The number of rotatable bonds is 12. The van der Waals surface area contributed by atoms with E-state index in [-0.39, 0.29) is 36.1 Å². The Morgan fingerprint density at radius 1 is 1.20 bits per heavy atom. The van der Waals surface area contributed by atoms with Crippen LogP contribution < -0.4 is 10.6 Å². The molecule has 0 aliphatic carbocycles. The smallest absolute Gasteiger partial charge is 0.245 e. The van der Waals surface area contributed by atoms with Gasteiger partial charge in [0.1, 0.15) is 6.04 Å². The van der Waals surface area contributed by atoms with Crippen molar-refractivity contribution >= 4 is 18.2 Å². The first-order valence-electron chi connectivity index (χ1n) is 9.00. The Hall–Kier alpha value is -1.63. The minimum atomic E-state index is -0.601. The number of hydrogen-bond donors (Lipinski definition) is 2. The van der Waals surface area contributed by atoms with Gasteiger partial charge in [0, 0.05) is 20.7 Å². The van der Waals surface area contributed by atoms with Crippen LogP contribution in [0, 0.1) is 11.8 Å². The first-order chi connectivity index (χ1) is 11.7. The number of methoxy groups -OCH3 is 1.